The summed E-state index contributed by atoms with van der Waals surface area (Å²) in [6.07, 6.45) is 1.94. The molecule has 0 radical (unpaired) electrons. The van der Waals surface area contributed by atoms with Crippen molar-refractivity contribution < 1.29 is 12.9 Å². The number of aryl methyl sites for hydroxylation is 2. The maximum Gasteiger partial charge on any atom is 0.280 e. The van der Waals surface area contributed by atoms with E-state index in [9.17, 15) is 8.42 Å². The first-order valence-electron chi connectivity index (χ1n) is 5.20. The second kappa shape index (κ2) is 4.69. The molecule has 0 aromatic carbocycles. The molecule has 0 spiro atoms. The number of halogens is 1. The second-order valence-corrected chi connectivity index (χ2v) is 6.16. The molecule has 7 nitrogen and oxygen atoms in total. The Balaban J connectivity index is 2.35. The standard InChI is InChI=1S/C9H11ClN4O3S/c1-3-8-12-9(18(10,15)16)5-14(8)4-7-11-6(2)17-13-7/h5H,3-4H2,1-2H3. The molecule has 98 valence electrons. The van der Waals surface area contributed by atoms with E-state index < -0.39 is 9.05 Å². The third kappa shape index (κ3) is 2.70. The summed E-state index contributed by atoms with van der Waals surface area (Å²) >= 11 is 0. The summed E-state index contributed by atoms with van der Waals surface area (Å²) in [5.74, 6) is 1.50. The number of nitrogens with zero attached hydrogens (tertiary/aromatic N) is 4. The molecule has 0 aliphatic carbocycles. The third-order valence-corrected chi connectivity index (χ3v) is 3.46. The first-order chi connectivity index (χ1) is 8.40. The smallest absolute Gasteiger partial charge is 0.280 e. The van der Waals surface area contributed by atoms with Gasteiger partial charge in [-0.3, -0.25) is 0 Å². The highest BCUT2D eigenvalue weighted by atomic mass is 35.7. The summed E-state index contributed by atoms with van der Waals surface area (Å²) in [6.45, 7) is 3.84. The van der Waals surface area contributed by atoms with E-state index in [1.807, 2.05) is 6.92 Å². The van der Waals surface area contributed by atoms with E-state index in [2.05, 4.69) is 15.1 Å². The highest BCUT2D eigenvalue weighted by Gasteiger charge is 2.18. The van der Waals surface area contributed by atoms with Crippen LogP contribution >= 0.6 is 10.7 Å². The molecule has 0 amide bonds. The van der Waals surface area contributed by atoms with E-state index in [4.69, 9.17) is 15.2 Å². The van der Waals surface area contributed by atoms with Crippen molar-refractivity contribution in [1.29, 1.82) is 0 Å². The van der Waals surface area contributed by atoms with Crippen molar-refractivity contribution in [2.24, 2.45) is 0 Å². The summed E-state index contributed by atoms with van der Waals surface area (Å²) in [6, 6.07) is 0. The van der Waals surface area contributed by atoms with Gasteiger partial charge in [0.1, 0.15) is 5.82 Å². The Morgan fingerprint density at radius 3 is 2.67 bits per heavy atom. The molecule has 0 saturated carbocycles. The molecule has 0 aliphatic heterocycles. The summed E-state index contributed by atoms with van der Waals surface area (Å²) in [5.41, 5.74) is 0. The Labute approximate surface area is 108 Å². The molecule has 0 unspecified atom stereocenters. The van der Waals surface area contributed by atoms with Crippen molar-refractivity contribution in [3.8, 4) is 0 Å². The van der Waals surface area contributed by atoms with E-state index in [1.165, 1.54) is 6.20 Å². The monoisotopic (exact) mass is 290 g/mol. The average Bonchev–Trinajstić information content (AvgIpc) is 2.85. The molecule has 0 saturated heterocycles. The van der Waals surface area contributed by atoms with E-state index in [1.54, 1.807) is 11.5 Å². The molecular weight excluding hydrogens is 280 g/mol. The first-order valence-corrected chi connectivity index (χ1v) is 7.51. The van der Waals surface area contributed by atoms with E-state index >= 15 is 0 Å². The number of hydrogen-bond acceptors (Lipinski definition) is 6. The number of imidazole rings is 1. The molecule has 18 heavy (non-hydrogen) atoms. The zero-order valence-electron chi connectivity index (χ0n) is 9.79. The normalized spacial score (nSPS) is 11.9. The average molecular weight is 291 g/mol. The molecule has 9 heteroatoms. The topological polar surface area (TPSA) is 90.9 Å². The lowest BCUT2D eigenvalue weighted by molar-refractivity contribution is 0.386. The zero-order valence-corrected chi connectivity index (χ0v) is 11.4. The number of hydrogen-bond donors (Lipinski definition) is 0. The summed E-state index contributed by atoms with van der Waals surface area (Å²) in [5, 5.41) is 3.58. The minimum absolute atomic E-state index is 0.166. The highest BCUT2D eigenvalue weighted by Crippen LogP contribution is 2.15. The quantitative estimate of drug-likeness (QED) is 0.784. The van der Waals surface area contributed by atoms with Gasteiger partial charge in [0.05, 0.1) is 6.54 Å². The van der Waals surface area contributed by atoms with Crippen molar-refractivity contribution in [2.45, 2.75) is 31.8 Å². The fourth-order valence-corrected chi connectivity index (χ4v) is 2.21. The van der Waals surface area contributed by atoms with Crippen molar-refractivity contribution in [1.82, 2.24) is 19.7 Å². The van der Waals surface area contributed by atoms with E-state index in [0.717, 1.165) is 0 Å². The molecule has 2 aromatic rings. The lowest BCUT2D eigenvalue weighted by Gasteiger charge is -2.01. The summed E-state index contributed by atoms with van der Waals surface area (Å²) in [4.78, 5) is 8.00. The fraction of sp³-hybridized carbons (Fsp3) is 0.444. The minimum Gasteiger partial charge on any atom is -0.340 e. The van der Waals surface area contributed by atoms with Gasteiger partial charge in [-0.15, -0.1) is 0 Å². The van der Waals surface area contributed by atoms with Crippen LogP contribution in [0.5, 0.6) is 0 Å². The van der Waals surface area contributed by atoms with Crippen LogP contribution in [0.1, 0.15) is 24.5 Å². The Hall–Kier alpha value is -1.41. The Bertz CT molecular complexity index is 661. The van der Waals surface area contributed by atoms with Gasteiger partial charge < -0.3 is 9.09 Å². The molecule has 0 N–H and O–H groups in total. The van der Waals surface area contributed by atoms with Gasteiger partial charge in [0, 0.05) is 30.2 Å². The fourth-order valence-electron chi connectivity index (χ4n) is 1.52. The molecule has 0 aliphatic rings. The Morgan fingerprint density at radius 1 is 1.44 bits per heavy atom. The van der Waals surface area contributed by atoms with Crippen molar-refractivity contribution in [3.05, 3.63) is 23.7 Å². The Kier molecular flexibility index (Phi) is 3.40. The summed E-state index contributed by atoms with van der Waals surface area (Å²) in [7, 11) is 1.43. The first kappa shape index (κ1) is 13.0. The molecular formula is C9H11ClN4O3S. The van der Waals surface area contributed by atoms with Gasteiger partial charge in [-0.2, -0.15) is 4.98 Å². The van der Waals surface area contributed by atoms with E-state index in [-0.39, 0.29) is 5.03 Å². The highest BCUT2D eigenvalue weighted by molar-refractivity contribution is 8.13. The lowest BCUT2D eigenvalue weighted by Crippen LogP contribution is -2.04. The van der Waals surface area contributed by atoms with Crippen LogP contribution in [0.3, 0.4) is 0 Å². The van der Waals surface area contributed by atoms with Crippen LogP contribution in [0.15, 0.2) is 15.7 Å². The van der Waals surface area contributed by atoms with Crippen LogP contribution in [-0.4, -0.2) is 28.1 Å². The maximum atomic E-state index is 11.2. The second-order valence-electron chi connectivity index (χ2n) is 3.64. The van der Waals surface area contributed by atoms with Crippen molar-refractivity contribution in [3.63, 3.8) is 0 Å². The largest absolute Gasteiger partial charge is 0.340 e. The third-order valence-electron chi connectivity index (χ3n) is 2.28. The van der Waals surface area contributed by atoms with Gasteiger partial charge in [-0.05, 0) is 0 Å². The van der Waals surface area contributed by atoms with Crippen molar-refractivity contribution >= 4 is 19.7 Å². The molecule has 2 rings (SSSR count). The molecule has 0 atom stereocenters. The van der Waals surface area contributed by atoms with Crippen LogP contribution in [0.4, 0.5) is 0 Å². The van der Waals surface area contributed by atoms with Gasteiger partial charge in [-0.25, -0.2) is 13.4 Å². The van der Waals surface area contributed by atoms with E-state index in [0.29, 0.717) is 30.5 Å². The van der Waals surface area contributed by atoms with Crippen LogP contribution in [0.2, 0.25) is 0 Å². The van der Waals surface area contributed by atoms with Gasteiger partial charge in [0.2, 0.25) is 5.89 Å². The number of rotatable bonds is 4. The van der Waals surface area contributed by atoms with Gasteiger partial charge in [-0.1, -0.05) is 12.1 Å². The van der Waals surface area contributed by atoms with Gasteiger partial charge in [0.25, 0.3) is 9.05 Å². The molecule has 2 aromatic heterocycles. The van der Waals surface area contributed by atoms with Crippen LogP contribution < -0.4 is 0 Å². The van der Waals surface area contributed by atoms with Crippen LogP contribution in [-0.2, 0) is 22.0 Å². The predicted molar refractivity (Wildman–Crippen MR) is 62.8 cm³/mol. The number of aromatic nitrogens is 4. The van der Waals surface area contributed by atoms with Crippen molar-refractivity contribution in [2.75, 3.05) is 0 Å². The maximum absolute atomic E-state index is 11.2. The molecule has 0 fully saturated rings. The SMILES string of the molecule is CCc1nc(S(=O)(=O)Cl)cn1Cc1noc(C)n1. The van der Waals surface area contributed by atoms with Crippen LogP contribution in [0, 0.1) is 6.92 Å². The van der Waals surface area contributed by atoms with Gasteiger partial charge in [0.15, 0.2) is 10.9 Å². The Morgan fingerprint density at radius 2 is 2.17 bits per heavy atom. The lowest BCUT2D eigenvalue weighted by atomic mass is 10.4. The van der Waals surface area contributed by atoms with Gasteiger partial charge >= 0.3 is 0 Å². The predicted octanol–water partition coefficient (Wildman–Crippen LogP) is 1.11. The van der Waals surface area contributed by atoms with Crippen LogP contribution in [0.25, 0.3) is 0 Å². The zero-order chi connectivity index (χ0) is 13.3. The molecule has 2 heterocycles. The summed E-state index contributed by atoms with van der Waals surface area (Å²) < 4.78 is 28.9. The molecule has 0 bridgehead atoms. The minimum atomic E-state index is -3.83.